The van der Waals surface area contributed by atoms with Gasteiger partial charge in [0, 0.05) is 18.3 Å². The van der Waals surface area contributed by atoms with Gasteiger partial charge in [-0.1, -0.05) is 18.2 Å². The molecule has 0 radical (unpaired) electrons. The Balaban J connectivity index is 2.43. The predicted octanol–water partition coefficient (Wildman–Crippen LogP) is 1.44. The quantitative estimate of drug-likeness (QED) is 0.715. The Morgan fingerprint density at radius 3 is 2.44 bits per heavy atom. The molecule has 1 atom stereocenters. The number of benzene rings is 1. The number of para-hydroxylation sites is 1. The zero-order valence-electron chi connectivity index (χ0n) is 11.6. The lowest BCUT2D eigenvalue weighted by Crippen LogP contribution is -2.39. The Bertz CT molecular complexity index is 384. The van der Waals surface area contributed by atoms with E-state index in [9.17, 15) is 4.79 Å². The number of aryl methyl sites for hydroxylation is 2. The molecule has 0 heterocycles. The second-order valence-electron chi connectivity index (χ2n) is 4.61. The molecule has 100 valence electrons. The smallest absolute Gasteiger partial charge is 0.239 e. The van der Waals surface area contributed by atoms with Crippen LogP contribution in [0, 0.1) is 13.8 Å². The van der Waals surface area contributed by atoms with Crippen molar-refractivity contribution in [3.8, 4) is 0 Å². The van der Waals surface area contributed by atoms with Gasteiger partial charge in [-0.3, -0.25) is 4.79 Å². The van der Waals surface area contributed by atoms with Crippen molar-refractivity contribution < 1.29 is 4.79 Å². The van der Waals surface area contributed by atoms with Crippen molar-refractivity contribution in [2.45, 2.75) is 26.8 Å². The van der Waals surface area contributed by atoms with Gasteiger partial charge in [0.1, 0.15) is 0 Å². The number of hydrogen-bond acceptors (Lipinski definition) is 3. The summed E-state index contributed by atoms with van der Waals surface area (Å²) in [6, 6.07) is 6.38. The van der Waals surface area contributed by atoms with E-state index in [1.165, 1.54) is 0 Å². The van der Waals surface area contributed by atoms with E-state index < -0.39 is 0 Å². The van der Waals surface area contributed by atoms with E-state index >= 15 is 0 Å². The molecule has 1 rings (SSSR count). The molecule has 1 aromatic carbocycles. The first-order valence-electron chi connectivity index (χ1n) is 6.28. The highest BCUT2D eigenvalue weighted by atomic mass is 16.1. The van der Waals surface area contributed by atoms with Crippen LogP contribution in [0.15, 0.2) is 18.2 Å². The zero-order chi connectivity index (χ0) is 13.5. The summed E-state index contributed by atoms with van der Waals surface area (Å²) < 4.78 is 0. The van der Waals surface area contributed by atoms with Crippen molar-refractivity contribution in [1.82, 2.24) is 10.6 Å². The number of carbonyl (C=O) groups excluding carboxylic acids is 1. The van der Waals surface area contributed by atoms with Gasteiger partial charge in [0.15, 0.2) is 0 Å². The van der Waals surface area contributed by atoms with Gasteiger partial charge >= 0.3 is 0 Å². The van der Waals surface area contributed by atoms with Gasteiger partial charge < -0.3 is 16.0 Å². The summed E-state index contributed by atoms with van der Waals surface area (Å²) in [5, 5.41) is 9.15. The lowest BCUT2D eigenvalue weighted by atomic mass is 10.1. The van der Waals surface area contributed by atoms with Gasteiger partial charge in [-0.05, 0) is 38.9 Å². The largest absolute Gasteiger partial charge is 0.376 e. The van der Waals surface area contributed by atoms with Crippen molar-refractivity contribution in [1.29, 1.82) is 0 Å². The Hall–Kier alpha value is -1.55. The number of hydrogen-bond donors (Lipinski definition) is 3. The first-order chi connectivity index (χ1) is 8.54. The summed E-state index contributed by atoms with van der Waals surface area (Å²) in [6.07, 6.45) is 0. The van der Waals surface area contributed by atoms with Crippen LogP contribution < -0.4 is 16.0 Å². The third-order valence-corrected chi connectivity index (χ3v) is 3.01. The van der Waals surface area contributed by atoms with Crippen LogP contribution >= 0.6 is 0 Å². The highest BCUT2D eigenvalue weighted by molar-refractivity contribution is 5.81. The summed E-state index contributed by atoms with van der Waals surface area (Å²) in [5.41, 5.74) is 3.37. The number of rotatable bonds is 6. The SMILES string of the molecule is CNC(C)CNC(=O)CNc1c(C)cccc1C. The second kappa shape index (κ2) is 7.01. The molecule has 4 nitrogen and oxygen atoms in total. The van der Waals surface area contributed by atoms with Crippen molar-refractivity contribution in [3.63, 3.8) is 0 Å². The minimum Gasteiger partial charge on any atom is -0.376 e. The predicted molar refractivity (Wildman–Crippen MR) is 75.9 cm³/mol. The normalized spacial score (nSPS) is 12.0. The topological polar surface area (TPSA) is 53.2 Å². The van der Waals surface area contributed by atoms with Gasteiger partial charge in [0.25, 0.3) is 0 Å². The van der Waals surface area contributed by atoms with Crippen molar-refractivity contribution in [2.75, 3.05) is 25.5 Å². The lowest BCUT2D eigenvalue weighted by Gasteiger charge is -2.14. The molecular weight excluding hydrogens is 226 g/mol. The Morgan fingerprint density at radius 2 is 1.89 bits per heavy atom. The van der Waals surface area contributed by atoms with Crippen LogP contribution in [0.4, 0.5) is 5.69 Å². The van der Waals surface area contributed by atoms with Crippen LogP contribution in [0.5, 0.6) is 0 Å². The average Bonchev–Trinajstić information content (AvgIpc) is 2.35. The molecular formula is C14H23N3O. The molecule has 0 fully saturated rings. The minimum atomic E-state index is 0.0137. The van der Waals surface area contributed by atoms with Crippen LogP contribution in [0.1, 0.15) is 18.1 Å². The zero-order valence-corrected chi connectivity index (χ0v) is 11.6. The van der Waals surface area contributed by atoms with E-state index in [0.717, 1.165) is 16.8 Å². The first kappa shape index (κ1) is 14.5. The van der Waals surface area contributed by atoms with Crippen LogP contribution in [-0.2, 0) is 4.79 Å². The Labute approximate surface area is 109 Å². The minimum absolute atomic E-state index is 0.0137. The molecule has 18 heavy (non-hydrogen) atoms. The van der Waals surface area contributed by atoms with Crippen molar-refractivity contribution in [2.24, 2.45) is 0 Å². The summed E-state index contributed by atoms with van der Waals surface area (Å²) in [4.78, 5) is 11.7. The standard InChI is InChI=1S/C14H23N3O/c1-10-6-5-7-11(2)14(10)17-9-13(18)16-8-12(3)15-4/h5-7,12,15,17H,8-9H2,1-4H3,(H,16,18). The first-order valence-corrected chi connectivity index (χ1v) is 6.28. The van der Waals surface area contributed by atoms with Crippen molar-refractivity contribution >= 4 is 11.6 Å². The van der Waals surface area contributed by atoms with Crippen LogP contribution in [-0.4, -0.2) is 32.1 Å². The summed E-state index contributed by atoms with van der Waals surface area (Å²) in [5.74, 6) is 0.0137. The number of nitrogens with one attached hydrogen (secondary N) is 3. The fourth-order valence-corrected chi connectivity index (χ4v) is 1.69. The van der Waals surface area contributed by atoms with Crippen LogP contribution in [0.3, 0.4) is 0 Å². The molecule has 0 bridgehead atoms. The van der Waals surface area contributed by atoms with E-state index in [1.54, 1.807) is 0 Å². The molecule has 0 saturated heterocycles. The third kappa shape index (κ3) is 4.37. The highest BCUT2D eigenvalue weighted by Crippen LogP contribution is 2.18. The average molecular weight is 249 g/mol. The van der Waals surface area contributed by atoms with Gasteiger partial charge in [-0.15, -0.1) is 0 Å². The molecule has 0 aliphatic rings. The molecule has 0 aliphatic heterocycles. The fourth-order valence-electron chi connectivity index (χ4n) is 1.69. The van der Waals surface area contributed by atoms with Crippen molar-refractivity contribution in [3.05, 3.63) is 29.3 Å². The van der Waals surface area contributed by atoms with Gasteiger partial charge in [0.2, 0.25) is 5.91 Å². The Kier molecular flexibility index (Phi) is 5.65. The highest BCUT2D eigenvalue weighted by Gasteiger charge is 2.06. The molecule has 0 aliphatic carbocycles. The van der Waals surface area contributed by atoms with Gasteiger partial charge in [0.05, 0.1) is 6.54 Å². The van der Waals surface area contributed by atoms with Crippen LogP contribution in [0.2, 0.25) is 0 Å². The maximum absolute atomic E-state index is 11.7. The maximum atomic E-state index is 11.7. The summed E-state index contributed by atoms with van der Waals surface area (Å²) >= 11 is 0. The lowest BCUT2D eigenvalue weighted by molar-refractivity contribution is -0.119. The van der Waals surface area contributed by atoms with E-state index in [-0.39, 0.29) is 11.9 Å². The molecule has 4 heteroatoms. The number of carbonyl (C=O) groups is 1. The second-order valence-corrected chi connectivity index (χ2v) is 4.61. The molecule has 0 spiro atoms. The molecule has 3 N–H and O–H groups in total. The number of anilines is 1. The van der Waals surface area contributed by atoms with E-state index in [2.05, 4.69) is 16.0 Å². The van der Waals surface area contributed by atoms with Crippen LogP contribution in [0.25, 0.3) is 0 Å². The fraction of sp³-hybridized carbons (Fsp3) is 0.500. The molecule has 0 saturated carbocycles. The third-order valence-electron chi connectivity index (χ3n) is 3.01. The molecule has 0 aromatic heterocycles. The molecule has 1 aromatic rings. The van der Waals surface area contributed by atoms with E-state index in [0.29, 0.717) is 13.1 Å². The van der Waals surface area contributed by atoms with E-state index in [4.69, 9.17) is 0 Å². The summed E-state index contributed by atoms with van der Waals surface area (Å²) in [7, 11) is 1.88. The monoisotopic (exact) mass is 249 g/mol. The molecule has 1 unspecified atom stereocenters. The maximum Gasteiger partial charge on any atom is 0.239 e. The number of amides is 1. The number of likely N-dealkylation sites (N-methyl/N-ethyl adjacent to an activating group) is 1. The molecule has 1 amide bonds. The Morgan fingerprint density at radius 1 is 1.28 bits per heavy atom. The van der Waals surface area contributed by atoms with E-state index in [1.807, 2.05) is 46.0 Å². The van der Waals surface area contributed by atoms with Gasteiger partial charge in [-0.2, -0.15) is 0 Å². The van der Waals surface area contributed by atoms with Gasteiger partial charge in [-0.25, -0.2) is 0 Å². The summed E-state index contributed by atoms with van der Waals surface area (Å²) in [6.45, 7) is 7.05.